The number of anilines is 1. The highest BCUT2D eigenvalue weighted by molar-refractivity contribution is 5.89. The number of hydrogen-bond donors (Lipinski definition) is 3. The monoisotopic (exact) mass is 290 g/mol. The molecule has 4 atom stereocenters. The van der Waals surface area contributed by atoms with Crippen molar-refractivity contribution in [1.29, 1.82) is 0 Å². The van der Waals surface area contributed by atoms with Crippen molar-refractivity contribution in [2.45, 2.75) is 52.2 Å². The van der Waals surface area contributed by atoms with Gasteiger partial charge in [-0.25, -0.2) is 4.79 Å². The van der Waals surface area contributed by atoms with Crippen molar-refractivity contribution >= 4 is 11.7 Å². The van der Waals surface area contributed by atoms with E-state index in [0.29, 0.717) is 17.5 Å². The first-order valence-corrected chi connectivity index (χ1v) is 7.86. The van der Waals surface area contributed by atoms with Crippen LogP contribution in [0.25, 0.3) is 0 Å². The van der Waals surface area contributed by atoms with Crippen LogP contribution in [-0.4, -0.2) is 17.2 Å². The Balaban J connectivity index is 1.92. The Labute approximate surface area is 126 Å². The van der Waals surface area contributed by atoms with Crippen LogP contribution < -0.4 is 10.6 Å². The van der Waals surface area contributed by atoms with Crippen LogP contribution in [0.1, 0.15) is 51.7 Å². The van der Waals surface area contributed by atoms with E-state index >= 15 is 0 Å². The zero-order valence-corrected chi connectivity index (χ0v) is 13.1. The predicted octanol–water partition coefficient (Wildman–Crippen LogP) is 3.69. The molecule has 0 aromatic heterocycles. The van der Waals surface area contributed by atoms with E-state index in [2.05, 4.69) is 24.5 Å². The third-order valence-corrected chi connectivity index (χ3v) is 4.69. The lowest BCUT2D eigenvalue weighted by atomic mass is 9.94. The molecule has 1 aliphatic rings. The average molecular weight is 290 g/mol. The highest BCUT2D eigenvalue weighted by Crippen LogP contribution is 2.33. The molecule has 0 spiro atoms. The summed E-state index contributed by atoms with van der Waals surface area (Å²) in [5.74, 6) is 1.25. The van der Waals surface area contributed by atoms with Crippen molar-refractivity contribution in [2.24, 2.45) is 11.8 Å². The van der Waals surface area contributed by atoms with Gasteiger partial charge in [-0.2, -0.15) is 0 Å². The first-order chi connectivity index (χ1) is 10.0. The molecule has 2 amide bonds. The summed E-state index contributed by atoms with van der Waals surface area (Å²) in [6.07, 6.45) is 2.90. The molecule has 1 saturated carbocycles. The predicted molar refractivity (Wildman–Crippen MR) is 85.2 cm³/mol. The molecule has 1 aromatic carbocycles. The molecule has 0 bridgehead atoms. The third kappa shape index (κ3) is 3.97. The van der Waals surface area contributed by atoms with E-state index < -0.39 is 6.10 Å². The number of aliphatic hydroxyl groups excluding tert-OH is 1. The maximum atomic E-state index is 12.1. The van der Waals surface area contributed by atoms with Gasteiger partial charge in [0.15, 0.2) is 0 Å². The zero-order valence-electron chi connectivity index (χ0n) is 13.1. The highest BCUT2D eigenvalue weighted by Gasteiger charge is 2.32. The maximum absolute atomic E-state index is 12.1. The summed E-state index contributed by atoms with van der Waals surface area (Å²) in [4.78, 5) is 12.1. The number of benzene rings is 1. The molecule has 4 unspecified atom stereocenters. The minimum Gasteiger partial charge on any atom is -0.389 e. The first-order valence-electron chi connectivity index (χ1n) is 7.86. The van der Waals surface area contributed by atoms with E-state index in [4.69, 9.17) is 0 Å². The van der Waals surface area contributed by atoms with Crippen LogP contribution in [0.2, 0.25) is 0 Å². The smallest absolute Gasteiger partial charge is 0.319 e. The summed E-state index contributed by atoms with van der Waals surface area (Å²) in [7, 11) is 0. The molecule has 0 radical (unpaired) electrons. The largest absolute Gasteiger partial charge is 0.389 e. The van der Waals surface area contributed by atoms with Crippen LogP contribution in [0.15, 0.2) is 24.3 Å². The van der Waals surface area contributed by atoms with E-state index in [0.717, 1.165) is 12.0 Å². The summed E-state index contributed by atoms with van der Waals surface area (Å²) in [6, 6.07) is 7.42. The second-order valence-electron chi connectivity index (χ2n) is 6.11. The van der Waals surface area contributed by atoms with Gasteiger partial charge in [0.25, 0.3) is 0 Å². The molecule has 1 aliphatic carbocycles. The summed E-state index contributed by atoms with van der Waals surface area (Å²) in [5, 5.41) is 15.5. The Morgan fingerprint density at radius 1 is 1.43 bits per heavy atom. The van der Waals surface area contributed by atoms with Crippen molar-refractivity contribution in [3.05, 3.63) is 29.8 Å². The molecule has 3 N–H and O–H groups in total. The van der Waals surface area contributed by atoms with Gasteiger partial charge in [0, 0.05) is 11.7 Å². The standard InChI is InChI=1S/C17H26N2O2/c1-4-13-8-9-16(11(13)2)19-17(21)18-15-7-5-6-14(10-15)12(3)20/h5-7,10-13,16,20H,4,8-9H2,1-3H3,(H2,18,19,21). The molecule has 21 heavy (non-hydrogen) atoms. The number of hydrogen-bond acceptors (Lipinski definition) is 2. The van der Waals surface area contributed by atoms with Crippen LogP contribution in [0, 0.1) is 11.8 Å². The lowest BCUT2D eigenvalue weighted by Gasteiger charge is -2.21. The molecule has 1 fully saturated rings. The lowest BCUT2D eigenvalue weighted by Crippen LogP contribution is -2.40. The topological polar surface area (TPSA) is 61.4 Å². The summed E-state index contributed by atoms with van der Waals surface area (Å²) in [5.41, 5.74) is 1.51. The summed E-state index contributed by atoms with van der Waals surface area (Å²) in [6.45, 7) is 6.15. The quantitative estimate of drug-likeness (QED) is 0.792. The number of aliphatic hydroxyl groups is 1. The number of rotatable bonds is 4. The van der Waals surface area contributed by atoms with Gasteiger partial charge in [-0.15, -0.1) is 0 Å². The fraction of sp³-hybridized carbons (Fsp3) is 0.588. The third-order valence-electron chi connectivity index (χ3n) is 4.69. The minimum atomic E-state index is -0.532. The van der Waals surface area contributed by atoms with Gasteiger partial charge < -0.3 is 15.7 Å². The molecule has 2 rings (SSSR count). The molecule has 1 aromatic rings. The molecule has 0 heterocycles. The Kier molecular flexibility index (Phi) is 5.23. The Bertz CT molecular complexity index is 487. The molecular formula is C17H26N2O2. The molecular weight excluding hydrogens is 264 g/mol. The zero-order chi connectivity index (χ0) is 15.4. The molecule has 4 heteroatoms. The Morgan fingerprint density at radius 3 is 2.81 bits per heavy atom. The molecule has 0 saturated heterocycles. The van der Waals surface area contributed by atoms with Crippen molar-refractivity contribution in [2.75, 3.05) is 5.32 Å². The van der Waals surface area contributed by atoms with Crippen molar-refractivity contribution in [3.8, 4) is 0 Å². The molecule has 0 aliphatic heterocycles. The van der Waals surface area contributed by atoms with Gasteiger partial charge >= 0.3 is 6.03 Å². The van der Waals surface area contributed by atoms with Gasteiger partial charge in [0.1, 0.15) is 0 Å². The van der Waals surface area contributed by atoms with Gasteiger partial charge in [0.05, 0.1) is 6.10 Å². The summed E-state index contributed by atoms with van der Waals surface area (Å²) < 4.78 is 0. The fourth-order valence-corrected chi connectivity index (χ4v) is 3.24. The van der Waals surface area contributed by atoms with E-state index in [-0.39, 0.29) is 12.1 Å². The SMILES string of the molecule is CCC1CCC(NC(=O)Nc2cccc(C(C)O)c2)C1C. The molecule has 116 valence electrons. The van der Waals surface area contributed by atoms with Gasteiger partial charge in [-0.1, -0.05) is 32.4 Å². The minimum absolute atomic E-state index is 0.161. The Hall–Kier alpha value is -1.55. The van der Waals surface area contributed by atoms with E-state index in [1.54, 1.807) is 13.0 Å². The van der Waals surface area contributed by atoms with Crippen molar-refractivity contribution < 1.29 is 9.90 Å². The van der Waals surface area contributed by atoms with Crippen LogP contribution in [-0.2, 0) is 0 Å². The van der Waals surface area contributed by atoms with Crippen LogP contribution in [0.4, 0.5) is 10.5 Å². The average Bonchev–Trinajstić information content (AvgIpc) is 2.79. The van der Waals surface area contributed by atoms with Crippen LogP contribution >= 0.6 is 0 Å². The van der Waals surface area contributed by atoms with Crippen molar-refractivity contribution in [1.82, 2.24) is 5.32 Å². The van der Waals surface area contributed by atoms with Gasteiger partial charge in [-0.05, 0) is 49.3 Å². The number of carbonyl (C=O) groups is 1. The van der Waals surface area contributed by atoms with E-state index in [1.165, 1.54) is 12.8 Å². The van der Waals surface area contributed by atoms with E-state index in [9.17, 15) is 9.90 Å². The van der Waals surface area contributed by atoms with Crippen LogP contribution in [0.3, 0.4) is 0 Å². The highest BCUT2D eigenvalue weighted by atomic mass is 16.3. The number of carbonyl (C=O) groups excluding carboxylic acids is 1. The first kappa shape index (κ1) is 15.8. The Morgan fingerprint density at radius 2 is 2.19 bits per heavy atom. The maximum Gasteiger partial charge on any atom is 0.319 e. The van der Waals surface area contributed by atoms with Gasteiger partial charge in [-0.3, -0.25) is 0 Å². The van der Waals surface area contributed by atoms with Crippen LogP contribution in [0.5, 0.6) is 0 Å². The fourth-order valence-electron chi connectivity index (χ4n) is 3.24. The summed E-state index contributed by atoms with van der Waals surface area (Å²) >= 11 is 0. The molecule has 4 nitrogen and oxygen atoms in total. The number of nitrogens with one attached hydrogen (secondary N) is 2. The van der Waals surface area contributed by atoms with Crippen molar-refractivity contribution in [3.63, 3.8) is 0 Å². The number of urea groups is 1. The van der Waals surface area contributed by atoms with Gasteiger partial charge in [0.2, 0.25) is 0 Å². The number of amides is 2. The second kappa shape index (κ2) is 6.94. The lowest BCUT2D eigenvalue weighted by molar-refractivity contribution is 0.199. The van der Waals surface area contributed by atoms with E-state index in [1.807, 2.05) is 18.2 Å². The normalized spacial score (nSPS) is 26.4. The second-order valence-corrected chi connectivity index (χ2v) is 6.11.